The van der Waals surface area contributed by atoms with Crippen molar-refractivity contribution in [2.24, 2.45) is 18.9 Å². The molecule has 22 heavy (non-hydrogen) atoms. The Kier molecular flexibility index (Phi) is 3.68. The number of hydrogen-bond acceptors (Lipinski definition) is 4. The molecule has 5 nitrogen and oxygen atoms in total. The molecule has 2 aromatic heterocycles. The summed E-state index contributed by atoms with van der Waals surface area (Å²) in [5, 5.41) is 4.27. The van der Waals surface area contributed by atoms with Crippen LogP contribution in [-0.4, -0.2) is 50.7 Å². The molecular weight excluding hydrogens is 274 g/mol. The van der Waals surface area contributed by atoms with E-state index in [2.05, 4.69) is 32.1 Å². The second-order valence-electron chi connectivity index (χ2n) is 6.79. The normalized spacial score (nSPS) is 25.7. The Hall–Kier alpha value is -1.72. The van der Waals surface area contributed by atoms with Gasteiger partial charge in [0.2, 0.25) is 0 Å². The van der Waals surface area contributed by atoms with Gasteiger partial charge in [-0.3, -0.25) is 19.5 Å². The summed E-state index contributed by atoms with van der Waals surface area (Å²) in [6, 6.07) is 4.21. The summed E-state index contributed by atoms with van der Waals surface area (Å²) in [4.78, 5) is 9.40. The summed E-state index contributed by atoms with van der Waals surface area (Å²) in [5.74, 6) is 1.65. The van der Waals surface area contributed by atoms with E-state index in [4.69, 9.17) is 0 Å². The maximum Gasteiger partial charge on any atom is 0.0534 e. The van der Waals surface area contributed by atoms with Crippen molar-refractivity contribution in [1.29, 1.82) is 0 Å². The van der Waals surface area contributed by atoms with Crippen LogP contribution >= 0.6 is 0 Å². The van der Waals surface area contributed by atoms with Crippen LogP contribution in [0.1, 0.15) is 11.1 Å². The van der Waals surface area contributed by atoms with E-state index < -0.39 is 0 Å². The number of likely N-dealkylation sites (tertiary alicyclic amines) is 2. The molecule has 2 saturated heterocycles. The van der Waals surface area contributed by atoms with Gasteiger partial charge in [0.1, 0.15) is 0 Å². The monoisotopic (exact) mass is 297 g/mol. The lowest BCUT2D eigenvalue weighted by molar-refractivity contribution is 0.246. The van der Waals surface area contributed by atoms with Gasteiger partial charge in [0, 0.05) is 70.5 Å². The van der Waals surface area contributed by atoms with Crippen molar-refractivity contribution in [3.63, 3.8) is 0 Å². The molecule has 0 spiro atoms. The molecular formula is C17H23N5. The average molecular weight is 297 g/mol. The highest BCUT2D eigenvalue weighted by Crippen LogP contribution is 2.32. The average Bonchev–Trinajstić information content (AvgIpc) is 3.16. The number of fused-ring (bicyclic) bond motifs is 1. The number of aryl methyl sites for hydroxylation is 1. The highest BCUT2D eigenvalue weighted by atomic mass is 15.3. The Bertz CT molecular complexity index is 609. The zero-order valence-electron chi connectivity index (χ0n) is 13.1. The summed E-state index contributed by atoms with van der Waals surface area (Å²) in [7, 11) is 1.98. The molecule has 2 atom stereocenters. The minimum atomic E-state index is 0.827. The van der Waals surface area contributed by atoms with Gasteiger partial charge < -0.3 is 0 Å². The lowest BCUT2D eigenvalue weighted by Gasteiger charge is -2.20. The summed E-state index contributed by atoms with van der Waals surface area (Å²) >= 11 is 0. The first-order chi connectivity index (χ1) is 10.8. The molecule has 5 heteroatoms. The Balaban J connectivity index is 1.31. The van der Waals surface area contributed by atoms with Crippen molar-refractivity contribution in [2.45, 2.75) is 13.1 Å². The Morgan fingerprint density at radius 2 is 1.68 bits per heavy atom. The van der Waals surface area contributed by atoms with Gasteiger partial charge in [0.05, 0.1) is 6.20 Å². The summed E-state index contributed by atoms with van der Waals surface area (Å²) in [6.45, 7) is 6.99. The van der Waals surface area contributed by atoms with Gasteiger partial charge in [-0.1, -0.05) is 6.07 Å². The minimum absolute atomic E-state index is 0.827. The quantitative estimate of drug-likeness (QED) is 0.854. The fraction of sp³-hybridized carbons (Fsp3) is 0.529. The largest absolute Gasteiger partial charge is 0.298 e. The van der Waals surface area contributed by atoms with Gasteiger partial charge in [0.25, 0.3) is 0 Å². The molecule has 0 bridgehead atoms. The third kappa shape index (κ3) is 2.91. The third-order valence-corrected chi connectivity index (χ3v) is 4.93. The first-order valence-corrected chi connectivity index (χ1v) is 8.07. The van der Waals surface area contributed by atoms with Gasteiger partial charge in [-0.15, -0.1) is 0 Å². The molecule has 116 valence electrons. The number of hydrogen-bond donors (Lipinski definition) is 0. The second kappa shape index (κ2) is 5.82. The van der Waals surface area contributed by atoms with Crippen molar-refractivity contribution in [3.05, 3.63) is 48.0 Å². The standard InChI is InChI=1S/C17H23N5/c1-20-7-15(6-19-20)9-22-12-16-10-21(11-17(16)13-22)8-14-3-2-4-18-5-14/h2-7,16-17H,8-13H2,1H3/t16-,17-/m1/s1. The number of rotatable bonds is 4. The van der Waals surface area contributed by atoms with Gasteiger partial charge in [-0.25, -0.2) is 0 Å². The molecule has 4 heterocycles. The van der Waals surface area contributed by atoms with E-state index in [1.807, 2.05) is 36.4 Å². The van der Waals surface area contributed by atoms with Gasteiger partial charge in [0.15, 0.2) is 0 Å². The lowest BCUT2D eigenvalue weighted by Crippen LogP contribution is -2.28. The van der Waals surface area contributed by atoms with Crippen molar-refractivity contribution in [1.82, 2.24) is 24.6 Å². The SMILES string of the molecule is Cn1cc(CN2C[C@H]3CN(Cc4cccnc4)C[C@@H]3C2)cn1. The molecule has 0 aliphatic carbocycles. The Labute approximate surface area is 131 Å². The minimum Gasteiger partial charge on any atom is -0.298 e. The zero-order chi connectivity index (χ0) is 14.9. The van der Waals surface area contributed by atoms with Crippen LogP contribution in [0.3, 0.4) is 0 Å². The predicted octanol–water partition coefficient (Wildman–Crippen LogP) is 1.38. The van der Waals surface area contributed by atoms with Crippen LogP contribution in [-0.2, 0) is 20.1 Å². The summed E-state index contributed by atoms with van der Waals surface area (Å²) in [5.41, 5.74) is 2.66. The van der Waals surface area contributed by atoms with Gasteiger partial charge >= 0.3 is 0 Å². The molecule has 2 aromatic rings. The third-order valence-electron chi connectivity index (χ3n) is 4.93. The highest BCUT2D eigenvalue weighted by molar-refractivity contribution is 5.09. The van der Waals surface area contributed by atoms with Crippen molar-refractivity contribution >= 4 is 0 Å². The molecule has 0 radical (unpaired) electrons. The van der Waals surface area contributed by atoms with Crippen molar-refractivity contribution < 1.29 is 0 Å². The topological polar surface area (TPSA) is 37.2 Å². The second-order valence-corrected chi connectivity index (χ2v) is 6.79. The molecule has 2 aliphatic rings. The molecule has 4 rings (SSSR count). The Morgan fingerprint density at radius 3 is 2.23 bits per heavy atom. The summed E-state index contributed by atoms with van der Waals surface area (Å²) < 4.78 is 1.89. The van der Waals surface area contributed by atoms with E-state index in [1.54, 1.807) is 0 Å². The highest BCUT2D eigenvalue weighted by Gasteiger charge is 2.39. The smallest absolute Gasteiger partial charge is 0.0534 e. The van der Waals surface area contributed by atoms with E-state index in [0.717, 1.165) is 24.9 Å². The van der Waals surface area contributed by atoms with E-state index >= 15 is 0 Å². The lowest BCUT2D eigenvalue weighted by atomic mass is 10.0. The molecule has 0 aromatic carbocycles. The molecule has 2 aliphatic heterocycles. The maximum absolute atomic E-state index is 4.27. The van der Waals surface area contributed by atoms with E-state index in [-0.39, 0.29) is 0 Å². The molecule has 2 fully saturated rings. The molecule has 0 unspecified atom stereocenters. The molecule has 0 saturated carbocycles. The number of pyridine rings is 1. The maximum atomic E-state index is 4.27. The van der Waals surface area contributed by atoms with Crippen LogP contribution in [0.4, 0.5) is 0 Å². The Morgan fingerprint density at radius 1 is 1.00 bits per heavy atom. The first kappa shape index (κ1) is 13.9. The fourth-order valence-electron chi connectivity index (χ4n) is 4.01. The van der Waals surface area contributed by atoms with Crippen LogP contribution in [0.25, 0.3) is 0 Å². The van der Waals surface area contributed by atoms with Crippen molar-refractivity contribution in [2.75, 3.05) is 26.2 Å². The van der Waals surface area contributed by atoms with Gasteiger partial charge in [-0.05, 0) is 23.5 Å². The fourth-order valence-corrected chi connectivity index (χ4v) is 4.01. The molecule has 0 amide bonds. The van der Waals surface area contributed by atoms with Crippen LogP contribution in [0, 0.1) is 11.8 Å². The first-order valence-electron chi connectivity index (χ1n) is 8.07. The zero-order valence-corrected chi connectivity index (χ0v) is 13.1. The van der Waals surface area contributed by atoms with Crippen LogP contribution in [0.2, 0.25) is 0 Å². The van der Waals surface area contributed by atoms with E-state index in [0.29, 0.717) is 0 Å². The van der Waals surface area contributed by atoms with Crippen LogP contribution in [0.5, 0.6) is 0 Å². The number of nitrogens with zero attached hydrogens (tertiary/aromatic N) is 5. The predicted molar refractivity (Wildman–Crippen MR) is 85.0 cm³/mol. The van der Waals surface area contributed by atoms with Gasteiger partial charge in [-0.2, -0.15) is 5.10 Å². The van der Waals surface area contributed by atoms with Crippen LogP contribution in [0.15, 0.2) is 36.9 Å². The van der Waals surface area contributed by atoms with E-state index in [9.17, 15) is 0 Å². The number of aromatic nitrogens is 3. The van der Waals surface area contributed by atoms with Crippen molar-refractivity contribution in [3.8, 4) is 0 Å². The summed E-state index contributed by atoms with van der Waals surface area (Å²) in [6.07, 6.45) is 7.95. The van der Waals surface area contributed by atoms with Crippen LogP contribution < -0.4 is 0 Å². The molecule has 0 N–H and O–H groups in total. The van der Waals surface area contributed by atoms with E-state index in [1.165, 1.54) is 37.3 Å².